The van der Waals surface area contributed by atoms with Crippen LogP contribution in [0.2, 0.25) is 5.02 Å². The van der Waals surface area contributed by atoms with Crippen LogP contribution in [0.25, 0.3) is 0 Å². The molecule has 1 aromatic heterocycles. The average molecular weight is 334 g/mol. The maximum Gasteiger partial charge on any atom is 0.242 e. The molecule has 1 fully saturated rings. The summed E-state index contributed by atoms with van der Waals surface area (Å²) < 4.78 is 32.7. The second-order valence-corrected chi connectivity index (χ2v) is 7.14. The highest BCUT2D eigenvalue weighted by molar-refractivity contribution is 7.89. The Balaban J connectivity index is 2.06. The van der Waals surface area contributed by atoms with Gasteiger partial charge in [0.15, 0.2) is 0 Å². The number of aromatic nitrogens is 1. The molecule has 1 aromatic rings. The lowest BCUT2D eigenvalue weighted by atomic mass is 10.0. The number of nitrogens with one attached hydrogen (secondary N) is 2. The van der Waals surface area contributed by atoms with E-state index in [0.29, 0.717) is 19.0 Å². The monoisotopic (exact) mass is 333 g/mol. The van der Waals surface area contributed by atoms with Gasteiger partial charge in [-0.3, -0.25) is 0 Å². The zero-order chi connectivity index (χ0) is 15.5. The Morgan fingerprint density at radius 3 is 2.90 bits per heavy atom. The first-order valence-electron chi connectivity index (χ1n) is 6.92. The maximum atomic E-state index is 12.3. The minimum absolute atomic E-state index is 0.0680. The van der Waals surface area contributed by atoms with E-state index in [9.17, 15) is 8.42 Å². The van der Waals surface area contributed by atoms with Crippen LogP contribution in [-0.2, 0) is 14.8 Å². The van der Waals surface area contributed by atoms with Gasteiger partial charge in [0.25, 0.3) is 0 Å². The number of sulfonamides is 1. The third-order valence-corrected chi connectivity index (χ3v) is 5.33. The second-order valence-electron chi connectivity index (χ2n) is 4.97. The Hall–Kier alpha value is -0.890. The molecule has 0 bridgehead atoms. The molecule has 6 nitrogen and oxygen atoms in total. The van der Waals surface area contributed by atoms with E-state index in [4.69, 9.17) is 16.3 Å². The van der Waals surface area contributed by atoms with Crippen molar-refractivity contribution < 1.29 is 13.2 Å². The quantitative estimate of drug-likeness (QED) is 0.830. The molecule has 0 saturated carbocycles. The fourth-order valence-electron chi connectivity index (χ4n) is 2.43. The number of hydrogen-bond donors (Lipinski definition) is 2. The van der Waals surface area contributed by atoms with Gasteiger partial charge in [0.05, 0.1) is 11.1 Å². The van der Waals surface area contributed by atoms with Gasteiger partial charge in [0, 0.05) is 32.3 Å². The van der Waals surface area contributed by atoms with E-state index in [1.807, 2.05) is 6.92 Å². The van der Waals surface area contributed by atoms with Gasteiger partial charge >= 0.3 is 0 Å². The fourth-order valence-corrected chi connectivity index (χ4v) is 3.82. The van der Waals surface area contributed by atoms with Crippen LogP contribution in [-0.4, -0.2) is 39.7 Å². The molecule has 2 unspecified atom stereocenters. The van der Waals surface area contributed by atoms with Gasteiger partial charge in [0.1, 0.15) is 10.7 Å². The molecule has 1 aliphatic rings. The number of pyridine rings is 1. The zero-order valence-corrected chi connectivity index (χ0v) is 13.7. The summed E-state index contributed by atoms with van der Waals surface area (Å²) in [7, 11) is -1.93. The summed E-state index contributed by atoms with van der Waals surface area (Å²) in [5.41, 5.74) is 0. The number of rotatable bonds is 6. The van der Waals surface area contributed by atoms with Crippen molar-refractivity contribution >= 4 is 27.4 Å². The Morgan fingerprint density at radius 1 is 1.52 bits per heavy atom. The van der Waals surface area contributed by atoms with E-state index in [1.54, 1.807) is 7.05 Å². The average Bonchev–Trinajstić information content (AvgIpc) is 2.92. The van der Waals surface area contributed by atoms with Gasteiger partial charge in [-0.25, -0.2) is 18.1 Å². The molecule has 0 radical (unpaired) electrons. The maximum absolute atomic E-state index is 12.3. The normalized spacial score (nSPS) is 22.4. The summed E-state index contributed by atoms with van der Waals surface area (Å²) in [6.45, 7) is 3.10. The minimum atomic E-state index is -3.61. The van der Waals surface area contributed by atoms with E-state index in [0.717, 1.165) is 12.8 Å². The first kappa shape index (κ1) is 16.5. The van der Waals surface area contributed by atoms with Crippen molar-refractivity contribution in [2.24, 2.45) is 5.92 Å². The highest BCUT2D eigenvalue weighted by atomic mass is 35.5. The van der Waals surface area contributed by atoms with E-state index < -0.39 is 10.0 Å². The van der Waals surface area contributed by atoms with Crippen LogP contribution in [0.1, 0.15) is 19.8 Å². The van der Waals surface area contributed by atoms with E-state index >= 15 is 0 Å². The van der Waals surface area contributed by atoms with Crippen LogP contribution >= 0.6 is 11.6 Å². The number of ether oxygens (including phenoxy) is 1. The number of halogens is 1. The van der Waals surface area contributed by atoms with Gasteiger partial charge in [-0.2, -0.15) is 0 Å². The minimum Gasteiger partial charge on any atom is -0.378 e. The van der Waals surface area contributed by atoms with Crippen LogP contribution in [0.3, 0.4) is 0 Å². The molecule has 2 rings (SSSR count). The molecule has 2 atom stereocenters. The lowest BCUT2D eigenvalue weighted by molar-refractivity contribution is 0.0884. The lowest BCUT2D eigenvalue weighted by Gasteiger charge is -2.17. The Morgan fingerprint density at radius 2 is 2.29 bits per heavy atom. The van der Waals surface area contributed by atoms with Crippen LogP contribution < -0.4 is 10.0 Å². The summed E-state index contributed by atoms with van der Waals surface area (Å²) in [5, 5.41) is 3.06. The lowest BCUT2D eigenvalue weighted by Crippen LogP contribution is -2.32. The van der Waals surface area contributed by atoms with Crippen molar-refractivity contribution in [1.82, 2.24) is 9.71 Å². The van der Waals surface area contributed by atoms with Crippen molar-refractivity contribution in [1.29, 1.82) is 0 Å². The van der Waals surface area contributed by atoms with Crippen LogP contribution in [0.15, 0.2) is 17.2 Å². The van der Waals surface area contributed by atoms with E-state index in [1.165, 1.54) is 12.3 Å². The molecule has 8 heteroatoms. The third-order valence-electron chi connectivity index (χ3n) is 3.65. The van der Waals surface area contributed by atoms with Gasteiger partial charge in [0.2, 0.25) is 10.0 Å². The largest absolute Gasteiger partial charge is 0.378 e. The summed E-state index contributed by atoms with van der Waals surface area (Å²) >= 11 is 5.97. The molecule has 21 heavy (non-hydrogen) atoms. The standard InChI is InChI=1S/C13H20ClN3O3S/c1-3-12-9(4-5-20-12)7-17-21(18,19)10-6-11(14)13(15-2)16-8-10/h6,8-9,12,17H,3-5,7H2,1-2H3,(H,15,16). The molecule has 1 saturated heterocycles. The molecular weight excluding hydrogens is 314 g/mol. The van der Waals surface area contributed by atoms with Gasteiger partial charge in [-0.15, -0.1) is 0 Å². The van der Waals surface area contributed by atoms with Gasteiger partial charge < -0.3 is 10.1 Å². The fraction of sp³-hybridized carbons (Fsp3) is 0.615. The number of nitrogens with zero attached hydrogens (tertiary/aromatic N) is 1. The molecule has 0 amide bonds. The summed E-state index contributed by atoms with van der Waals surface area (Å²) in [5.74, 6) is 0.663. The molecule has 0 aliphatic carbocycles. The third kappa shape index (κ3) is 3.85. The topological polar surface area (TPSA) is 80.3 Å². The number of anilines is 1. The Labute approximate surface area is 130 Å². The highest BCUT2D eigenvalue weighted by Crippen LogP contribution is 2.24. The van der Waals surface area contributed by atoms with Crippen LogP contribution in [0, 0.1) is 5.92 Å². The summed E-state index contributed by atoms with van der Waals surface area (Å²) in [4.78, 5) is 4.05. The predicted molar refractivity (Wildman–Crippen MR) is 82.1 cm³/mol. The molecule has 2 heterocycles. The number of hydrogen-bond acceptors (Lipinski definition) is 5. The van der Waals surface area contributed by atoms with Gasteiger partial charge in [-0.1, -0.05) is 18.5 Å². The Kier molecular flexibility index (Phi) is 5.43. The van der Waals surface area contributed by atoms with Crippen molar-refractivity contribution in [2.75, 3.05) is 25.5 Å². The van der Waals surface area contributed by atoms with E-state index in [-0.39, 0.29) is 21.9 Å². The zero-order valence-electron chi connectivity index (χ0n) is 12.1. The van der Waals surface area contributed by atoms with Crippen molar-refractivity contribution in [2.45, 2.75) is 30.8 Å². The Bertz CT molecular complexity index is 594. The molecule has 2 N–H and O–H groups in total. The summed E-state index contributed by atoms with van der Waals surface area (Å²) in [6.07, 6.45) is 3.18. The molecule has 0 spiro atoms. The van der Waals surface area contributed by atoms with Crippen molar-refractivity contribution in [3.63, 3.8) is 0 Å². The van der Waals surface area contributed by atoms with Crippen LogP contribution in [0.5, 0.6) is 0 Å². The van der Waals surface area contributed by atoms with Gasteiger partial charge in [-0.05, 0) is 18.9 Å². The highest BCUT2D eigenvalue weighted by Gasteiger charge is 2.28. The first-order valence-corrected chi connectivity index (χ1v) is 8.78. The first-order chi connectivity index (χ1) is 9.97. The molecule has 0 aromatic carbocycles. The molecular formula is C13H20ClN3O3S. The van der Waals surface area contributed by atoms with E-state index in [2.05, 4.69) is 15.0 Å². The van der Waals surface area contributed by atoms with Crippen molar-refractivity contribution in [3.8, 4) is 0 Å². The predicted octanol–water partition coefficient (Wildman–Crippen LogP) is 1.87. The van der Waals surface area contributed by atoms with Crippen molar-refractivity contribution in [3.05, 3.63) is 17.3 Å². The van der Waals surface area contributed by atoms with Crippen LogP contribution in [0.4, 0.5) is 5.82 Å². The SMILES string of the molecule is CCC1OCCC1CNS(=O)(=O)c1cnc(NC)c(Cl)c1. The second kappa shape index (κ2) is 6.91. The summed E-state index contributed by atoms with van der Waals surface area (Å²) in [6, 6.07) is 1.39. The molecule has 1 aliphatic heterocycles. The molecule has 118 valence electrons. The smallest absolute Gasteiger partial charge is 0.242 e.